The molecule has 1 aromatic carbocycles. The van der Waals surface area contributed by atoms with Gasteiger partial charge in [-0.15, -0.1) is 0 Å². The molecule has 2 rings (SSSR count). The molecule has 102 valence electrons. The van der Waals surface area contributed by atoms with Gasteiger partial charge in [0.1, 0.15) is 6.04 Å². The zero-order valence-corrected chi connectivity index (χ0v) is 11.1. The van der Waals surface area contributed by atoms with Gasteiger partial charge in [0.15, 0.2) is 5.78 Å². The quantitative estimate of drug-likeness (QED) is 0.825. The number of carbonyl (C=O) groups excluding carboxylic acids is 1. The molecule has 0 unspecified atom stereocenters. The number of rotatable bonds is 5. The minimum atomic E-state index is -0.901. The molecular weight excluding hydrogens is 242 g/mol. The first kappa shape index (κ1) is 13.7. The van der Waals surface area contributed by atoms with Crippen LogP contribution in [0.25, 0.3) is 0 Å². The summed E-state index contributed by atoms with van der Waals surface area (Å²) in [5.74, 6) is -0.998. The number of hydrogen-bond acceptors (Lipinski definition) is 3. The number of carboxylic acid groups (broad SMARTS) is 1. The van der Waals surface area contributed by atoms with E-state index in [2.05, 4.69) is 0 Å². The molecule has 1 atom stereocenters. The van der Waals surface area contributed by atoms with E-state index in [4.69, 9.17) is 0 Å². The summed E-state index contributed by atoms with van der Waals surface area (Å²) in [7, 11) is 0. The van der Waals surface area contributed by atoms with Crippen LogP contribution in [0.5, 0.6) is 0 Å². The number of aryl methyl sites for hydroxylation is 1. The van der Waals surface area contributed by atoms with E-state index in [1.54, 1.807) is 12.1 Å². The van der Waals surface area contributed by atoms with Crippen LogP contribution < -0.4 is 0 Å². The zero-order chi connectivity index (χ0) is 13.8. The van der Waals surface area contributed by atoms with Gasteiger partial charge in [-0.3, -0.25) is 14.5 Å². The van der Waals surface area contributed by atoms with Gasteiger partial charge in [0.05, 0.1) is 0 Å². The minimum absolute atomic E-state index is 0.0540. The van der Waals surface area contributed by atoms with Gasteiger partial charge >= 0.3 is 5.97 Å². The molecule has 0 radical (unpaired) electrons. The highest BCUT2D eigenvalue weighted by atomic mass is 16.4. The van der Waals surface area contributed by atoms with E-state index < -0.39 is 12.0 Å². The van der Waals surface area contributed by atoms with Crippen LogP contribution >= 0.6 is 0 Å². The van der Waals surface area contributed by atoms with Crippen molar-refractivity contribution in [1.29, 1.82) is 0 Å². The van der Waals surface area contributed by atoms with Crippen LogP contribution in [-0.2, 0) is 4.79 Å². The molecule has 0 spiro atoms. The maximum atomic E-state index is 12.1. The van der Waals surface area contributed by atoms with E-state index in [1.165, 1.54) is 0 Å². The first-order valence-corrected chi connectivity index (χ1v) is 6.64. The van der Waals surface area contributed by atoms with E-state index in [1.807, 2.05) is 24.0 Å². The highest BCUT2D eigenvalue weighted by Gasteiger charge is 2.30. The lowest BCUT2D eigenvalue weighted by Crippen LogP contribution is -2.40. The van der Waals surface area contributed by atoms with Crippen LogP contribution in [-0.4, -0.2) is 40.9 Å². The van der Waals surface area contributed by atoms with Gasteiger partial charge < -0.3 is 5.11 Å². The lowest BCUT2D eigenvalue weighted by atomic mass is 10.0. The topological polar surface area (TPSA) is 57.6 Å². The van der Waals surface area contributed by atoms with E-state index >= 15 is 0 Å². The lowest BCUT2D eigenvalue weighted by Gasteiger charge is -2.22. The van der Waals surface area contributed by atoms with Crippen molar-refractivity contribution in [2.75, 3.05) is 13.1 Å². The molecule has 1 aliphatic heterocycles. The summed E-state index contributed by atoms with van der Waals surface area (Å²) in [4.78, 5) is 25.3. The number of carbonyl (C=O) groups is 2. The first-order chi connectivity index (χ1) is 9.08. The Morgan fingerprint density at radius 2 is 1.79 bits per heavy atom. The minimum Gasteiger partial charge on any atom is -0.480 e. The van der Waals surface area contributed by atoms with Crippen molar-refractivity contribution in [3.05, 3.63) is 35.4 Å². The molecule has 0 aliphatic carbocycles. The van der Waals surface area contributed by atoms with Crippen molar-refractivity contribution in [3.8, 4) is 0 Å². The van der Waals surface area contributed by atoms with E-state index in [0.29, 0.717) is 5.56 Å². The number of likely N-dealkylation sites (tertiary alicyclic amines) is 1. The van der Waals surface area contributed by atoms with Gasteiger partial charge in [-0.05, 0) is 32.9 Å². The van der Waals surface area contributed by atoms with Crippen LogP contribution in [0.3, 0.4) is 0 Å². The summed E-state index contributed by atoms with van der Waals surface area (Å²) in [6.07, 6.45) is 2.09. The molecular formula is C15H19NO3. The van der Waals surface area contributed by atoms with Crippen LogP contribution in [0.4, 0.5) is 0 Å². The summed E-state index contributed by atoms with van der Waals surface area (Å²) in [5.41, 5.74) is 1.68. The number of carboxylic acids is 1. The monoisotopic (exact) mass is 261 g/mol. The molecule has 1 N–H and O–H groups in total. The second-order valence-electron chi connectivity index (χ2n) is 5.09. The third kappa shape index (κ3) is 3.41. The summed E-state index contributed by atoms with van der Waals surface area (Å²) < 4.78 is 0. The van der Waals surface area contributed by atoms with Crippen LogP contribution in [0.2, 0.25) is 0 Å². The zero-order valence-electron chi connectivity index (χ0n) is 11.1. The standard InChI is InChI=1S/C15H19NO3/c1-11-4-6-12(7-5-11)14(17)10-13(15(18)19)16-8-2-3-9-16/h4-7,13H,2-3,8-10H2,1H3,(H,18,19)/t13-/m0/s1. The Bertz CT molecular complexity index is 461. The van der Waals surface area contributed by atoms with Gasteiger partial charge in [0, 0.05) is 12.0 Å². The van der Waals surface area contributed by atoms with Gasteiger partial charge in [-0.2, -0.15) is 0 Å². The Hall–Kier alpha value is -1.68. The number of benzene rings is 1. The van der Waals surface area contributed by atoms with Crippen molar-refractivity contribution < 1.29 is 14.7 Å². The molecule has 1 aromatic rings. The average Bonchev–Trinajstić information content (AvgIpc) is 2.89. The lowest BCUT2D eigenvalue weighted by molar-refractivity contribution is -0.142. The molecule has 1 fully saturated rings. The van der Waals surface area contributed by atoms with Crippen LogP contribution in [0.15, 0.2) is 24.3 Å². The van der Waals surface area contributed by atoms with E-state index in [9.17, 15) is 14.7 Å². The Labute approximate surface area is 113 Å². The number of aliphatic carboxylic acids is 1. The van der Waals surface area contributed by atoms with Crippen molar-refractivity contribution in [2.45, 2.75) is 32.2 Å². The number of nitrogens with zero attached hydrogens (tertiary/aromatic N) is 1. The Morgan fingerprint density at radius 1 is 1.21 bits per heavy atom. The first-order valence-electron chi connectivity index (χ1n) is 6.64. The van der Waals surface area contributed by atoms with Crippen molar-refractivity contribution >= 4 is 11.8 Å². The predicted octanol–water partition coefficient (Wildman–Crippen LogP) is 2.12. The molecule has 1 heterocycles. The van der Waals surface area contributed by atoms with Crippen LogP contribution in [0.1, 0.15) is 35.2 Å². The van der Waals surface area contributed by atoms with Gasteiger partial charge in [-0.25, -0.2) is 0 Å². The third-order valence-electron chi connectivity index (χ3n) is 3.62. The normalized spacial score (nSPS) is 17.3. The fourth-order valence-electron chi connectivity index (χ4n) is 2.46. The van der Waals surface area contributed by atoms with E-state index in [-0.39, 0.29) is 12.2 Å². The largest absolute Gasteiger partial charge is 0.480 e. The fourth-order valence-corrected chi connectivity index (χ4v) is 2.46. The van der Waals surface area contributed by atoms with Crippen LogP contribution in [0, 0.1) is 6.92 Å². The maximum absolute atomic E-state index is 12.1. The van der Waals surface area contributed by atoms with Gasteiger partial charge in [0.2, 0.25) is 0 Å². The summed E-state index contributed by atoms with van der Waals surface area (Å²) in [6.45, 7) is 3.51. The molecule has 1 saturated heterocycles. The summed E-state index contributed by atoms with van der Waals surface area (Å²) in [6, 6.07) is 6.59. The highest BCUT2D eigenvalue weighted by Crippen LogP contribution is 2.17. The number of hydrogen-bond donors (Lipinski definition) is 1. The van der Waals surface area contributed by atoms with Crippen molar-refractivity contribution in [3.63, 3.8) is 0 Å². The highest BCUT2D eigenvalue weighted by molar-refractivity contribution is 5.98. The molecule has 0 aromatic heterocycles. The SMILES string of the molecule is Cc1ccc(C(=O)C[C@@H](C(=O)O)N2CCCC2)cc1. The van der Waals surface area contributed by atoms with Gasteiger partial charge in [0.25, 0.3) is 0 Å². The third-order valence-corrected chi connectivity index (χ3v) is 3.62. The molecule has 19 heavy (non-hydrogen) atoms. The Balaban J connectivity index is 2.06. The Morgan fingerprint density at radius 3 is 2.32 bits per heavy atom. The average molecular weight is 261 g/mol. The van der Waals surface area contributed by atoms with Crippen molar-refractivity contribution in [1.82, 2.24) is 4.90 Å². The second-order valence-corrected chi connectivity index (χ2v) is 5.09. The summed E-state index contributed by atoms with van der Waals surface area (Å²) in [5, 5.41) is 9.28. The number of ketones is 1. The predicted molar refractivity (Wildman–Crippen MR) is 72.4 cm³/mol. The Kier molecular flexibility index (Phi) is 4.32. The number of Topliss-reactive ketones (excluding diaryl/α,β-unsaturated/α-hetero) is 1. The fraction of sp³-hybridized carbons (Fsp3) is 0.467. The molecule has 0 bridgehead atoms. The maximum Gasteiger partial charge on any atom is 0.321 e. The molecule has 1 aliphatic rings. The van der Waals surface area contributed by atoms with Gasteiger partial charge in [-0.1, -0.05) is 29.8 Å². The van der Waals surface area contributed by atoms with Crippen molar-refractivity contribution in [2.24, 2.45) is 0 Å². The van der Waals surface area contributed by atoms with E-state index in [0.717, 1.165) is 31.5 Å². The molecule has 0 saturated carbocycles. The second kappa shape index (κ2) is 5.97. The molecule has 4 heteroatoms. The summed E-state index contributed by atoms with van der Waals surface area (Å²) >= 11 is 0. The molecule has 0 amide bonds. The molecule has 4 nitrogen and oxygen atoms in total. The smallest absolute Gasteiger partial charge is 0.321 e.